The van der Waals surface area contributed by atoms with E-state index < -0.39 is 0 Å². The normalized spacial score (nSPS) is 10.9. The lowest BCUT2D eigenvalue weighted by molar-refractivity contribution is 0.338. The van der Waals surface area contributed by atoms with Crippen molar-refractivity contribution in [3.63, 3.8) is 0 Å². The molecule has 2 nitrogen and oxygen atoms in total. The molecule has 0 aliphatic heterocycles. The highest BCUT2D eigenvalue weighted by atomic mass is 79.9. The topological polar surface area (TPSA) is 21.6 Å². The number of benzene rings is 2. The molecule has 0 N–H and O–H groups in total. The Kier molecular flexibility index (Phi) is 4.74. The molecular formula is C16H16BrNO. The molecule has 0 radical (unpaired) electrons. The van der Waals surface area contributed by atoms with Gasteiger partial charge in [0, 0.05) is 6.21 Å². The highest BCUT2D eigenvalue weighted by molar-refractivity contribution is 9.10. The molecule has 0 fully saturated rings. The number of hydrogen-bond donors (Lipinski definition) is 0. The second kappa shape index (κ2) is 6.53. The predicted molar refractivity (Wildman–Crippen MR) is 83.7 cm³/mol. The van der Waals surface area contributed by atoms with Crippen LogP contribution in [0.4, 0.5) is 5.69 Å². The minimum absolute atomic E-state index is 0.662. The maximum Gasteiger partial charge on any atom is 0.133 e. The first kappa shape index (κ1) is 13.8. The van der Waals surface area contributed by atoms with Crippen LogP contribution in [0.1, 0.15) is 18.1 Å². The van der Waals surface area contributed by atoms with Crippen LogP contribution in [0, 0.1) is 6.92 Å². The van der Waals surface area contributed by atoms with Gasteiger partial charge in [-0.15, -0.1) is 0 Å². The van der Waals surface area contributed by atoms with Gasteiger partial charge >= 0.3 is 0 Å². The van der Waals surface area contributed by atoms with Crippen LogP contribution in [-0.2, 0) is 0 Å². The van der Waals surface area contributed by atoms with Crippen LogP contribution in [0.25, 0.3) is 0 Å². The summed E-state index contributed by atoms with van der Waals surface area (Å²) in [5.74, 6) is 0.856. The zero-order chi connectivity index (χ0) is 13.7. The lowest BCUT2D eigenvalue weighted by atomic mass is 10.2. The summed E-state index contributed by atoms with van der Waals surface area (Å²) in [4.78, 5) is 4.45. The molecule has 0 atom stereocenters. The third kappa shape index (κ3) is 3.93. The van der Waals surface area contributed by atoms with Crippen LogP contribution in [-0.4, -0.2) is 12.8 Å². The van der Waals surface area contributed by atoms with Crippen LogP contribution in [0.3, 0.4) is 0 Å². The summed E-state index contributed by atoms with van der Waals surface area (Å²) >= 11 is 3.50. The fraction of sp³-hybridized carbons (Fsp3) is 0.188. The molecule has 0 amide bonds. The number of aliphatic imine (C=N–C) groups is 1. The second-order valence-corrected chi connectivity index (χ2v) is 5.07. The molecule has 0 spiro atoms. The maximum atomic E-state index is 5.48. The molecule has 0 unspecified atom stereocenters. The highest BCUT2D eigenvalue weighted by Crippen LogP contribution is 2.25. The van der Waals surface area contributed by atoms with E-state index in [9.17, 15) is 0 Å². The fourth-order valence-corrected chi connectivity index (χ4v) is 2.16. The number of hydrogen-bond acceptors (Lipinski definition) is 2. The van der Waals surface area contributed by atoms with Crippen molar-refractivity contribution in [3.05, 3.63) is 58.1 Å². The van der Waals surface area contributed by atoms with Crippen molar-refractivity contribution in [2.24, 2.45) is 4.99 Å². The summed E-state index contributed by atoms with van der Waals surface area (Å²) in [6, 6.07) is 14.1. The van der Waals surface area contributed by atoms with Gasteiger partial charge in [-0.25, -0.2) is 0 Å². The van der Waals surface area contributed by atoms with Crippen LogP contribution >= 0.6 is 15.9 Å². The zero-order valence-electron chi connectivity index (χ0n) is 11.1. The first-order chi connectivity index (χ1) is 9.19. The second-order valence-electron chi connectivity index (χ2n) is 4.22. The summed E-state index contributed by atoms with van der Waals surface area (Å²) in [6.45, 7) is 4.70. The number of halogens is 1. The molecular weight excluding hydrogens is 302 g/mol. The zero-order valence-corrected chi connectivity index (χ0v) is 12.6. The van der Waals surface area contributed by atoms with E-state index in [0.29, 0.717) is 6.61 Å². The van der Waals surface area contributed by atoms with Crippen molar-refractivity contribution in [2.45, 2.75) is 13.8 Å². The van der Waals surface area contributed by atoms with Gasteiger partial charge in [-0.2, -0.15) is 0 Å². The number of aryl methyl sites for hydroxylation is 1. The summed E-state index contributed by atoms with van der Waals surface area (Å²) in [5, 5.41) is 0. The van der Waals surface area contributed by atoms with Gasteiger partial charge in [0.05, 0.1) is 16.8 Å². The Hall–Kier alpha value is -1.61. The third-order valence-electron chi connectivity index (χ3n) is 2.65. The summed E-state index contributed by atoms with van der Waals surface area (Å²) in [6.07, 6.45) is 1.85. The first-order valence-electron chi connectivity index (χ1n) is 6.22. The van der Waals surface area contributed by atoms with E-state index in [1.54, 1.807) is 0 Å². The monoisotopic (exact) mass is 317 g/mol. The van der Waals surface area contributed by atoms with Crippen molar-refractivity contribution in [1.29, 1.82) is 0 Å². The number of rotatable bonds is 4. The van der Waals surface area contributed by atoms with Gasteiger partial charge in [0.15, 0.2) is 0 Å². The first-order valence-corrected chi connectivity index (χ1v) is 7.01. The van der Waals surface area contributed by atoms with Crippen molar-refractivity contribution in [1.82, 2.24) is 0 Å². The molecule has 0 aromatic heterocycles. The van der Waals surface area contributed by atoms with E-state index in [2.05, 4.69) is 40.0 Å². The Labute approximate surface area is 122 Å². The van der Waals surface area contributed by atoms with Crippen molar-refractivity contribution >= 4 is 27.8 Å². The molecule has 0 saturated carbocycles. The SMILES string of the molecule is CCOc1ccc(C=Nc2ccc(C)cc2)cc1Br. The molecule has 2 aromatic rings. The van der Waals surface area contributed by atoms with E-state index >= 15 is 0 Å². The van der Waals surface area contributed by atoms with Gasteiger partial charge in [0.2, 0.25) is 0 Å². The molecule has 0 aliphatic rings. The van der Waals surface area contributed by atoms with Crippen molar-refractivity contribution in [3.8, 4) is 5.75 Å². The average molecular weight is 318 g/mol. The molecule has 0 aliphatic carbocycles. The number of nitrogens with zero attached hydrogens (tertiary/aromatic N) is 1. The molecule has 98 valence electrons. The minimum Gasteiger partial charge on any atom is -0.493 e. The smallest absolute Gasteiger partial charge is 0.133 e. The van der Waals surface area contributed by atoms with E-state index in [-0.39, 0.29) is 0 Å². The molecule has 0 heterocycles. The largest absolute Gasteiger partial charge is 0.493 e. The van der Waals surface area contributed by atoms with E-state index in [0.717, 1.165) is 21.5 Å². The maximum absolute atomic E-state index is 5.48. The molecule has 2 rings (SSSR count). The van der Waals surface area contributed by atoms with Gasteiger partial charge in [-0.05, 0) is 65.7 Å². The van der Waals surface area contributed by atoms with Crippen LogP contribution in [0.5, 0.6) is 5.75 Å². The molecule has 0 bridgehead atoms. The Morgan fingerprint density at radius 2 is 1.89 bits per heavy atom. The Bertz CT molecular complexity index is 576. The minimum atomic E-state index is 0.662. The average Bonchev–Trinajstić information content (AvgIpc) is 2.41. The van der Waals surface area contributed by atoms with E-state index in [1.807, 2.05) is 43.5 Å². The van der Waals surface area contributed by atoms with Gasteiger partial charge in [-0.1, -0.05) is 17.7 Å². The molecule has 0 saturated heterocycles. The summed E-state index contributed by atoms with van der Waals surface area (Å²) in [7, 11) is 0. The van der Waals surface area contributed by atoms with Crippen LogP contribution in [0.15, 0.2) is 51.9 Å². The van der Waals surface area contributed by atoms with E-state index in [4.69, 9.17) is 4.74 Å². The fourth-order valence-electron chi connectivity index (χ4n) is 1.65. The lowest BCUT2D eigenvalue weighted by Gasteiger charge is -2.05. The van der Waals surface area contributed by atoms with Gasteiger partial charge in [-0.3, -0.25) is 4.99 Å². The summed E-state index contributed by atoms with van der Waals surface area (Å²) < 4.78 is 6.42. The van der Waals surface area contributed by atoms with Crippen LogP contribution in [0.2, 0.25) is 0 Å². The predicted octanol–water partition coefficient (Wildman–Crippen LogP) is 4.91. The van der Waals surface area contributed by atoms with Gasteiger partial charge in [0.25, 0.3) is 0 Å². The van der Waals surface area contributed by atoms with E-state index in [1.165, 1.54) is 5.56 Å². The number of ether oxygens (including phenoxy) is 1. The highest BCUT2D eigenvalue weighted by Gasteiger charge is 2.00. The third-order valence-corrected chi connectivity index (χ3v) is 3.27. The Balaban J connectivity index is 2.14. The molecule has 2 aromatic carbocycles. The standard InChI is InChI=1S/C16H16BrNO/c1-3-19-16-9-6-13(10-15(16)17)11-18-14-7-4-12(2)5-8-14/h4-11H,3H2,1-2H3. The van der Waals surface area contributed by atoms with Crippen LogP contribution < -0.4 is 4.74 Å². The van der Waals surface area contributed by atoms with Crippen molar-refractivity contribution < 1.29 is 4.74 Å². The quantitative estimate of drug-likeness (QED) is 0.734. The summed E-state index contributed by atoms with van der Waals surface area (Å²) in [5.41, 5.74) is 3.23. The Morgan fingerprint density at radius 1 is 1.16 bits per heavy atom. The van der Waals surface area contributed by atoms with Crippen molar-refractivity contribution in [2.75, 3.05) is 6.61 Å². The molecule has 19 heavy (non-hydrogen) atoms. The lowest BCUT2D eigenvalue weighted by Crippen LogP contribution is -1.93. The Morgan fingerprint density at radius 3 is 2.53 bits per heavy atom. The molecule has 3 heteroatoms. The van der Waals surface area contributed by atoms with Gasteiger partial charge in [0.1, 0.15) is 5.75 Å². The van der Waals surface area contributed by atoms with Gasteiger partial charge < -0.3 is 4.74 Å².